The van der Waals surface area contributed by atoms with E-state index in [0.717, 1.165) is 16.7 Å². The van der Waals surface area contributed by atoms with Gasteiger partial charge >= 0.3 is 0 Å². The average Bonchev–Trinajstić information content (AvgIpc) is 2.87. The van der Waals surface area contributed by atoms with Crippen LogP contribution in [0.2, 0.25) is 0 Å². The summed E-state index contributed by atoms with van der Waals surface area (Å²) in [5, 5.41) is 21.0. The van der Waals surface area contributed by atoms with Crippen molar-refractivity contribution in [2.24, 2.45) is 0 Å². The Morgan fingerprint density at radius 1 is 1.07 bits per heavy atom. The molecule has 2 aromatic carbocycles. The third-order valence-electron chi connectivity index (χ3n) is 5.81. The number of pyridine rings is 1. The highest BCUT2D eigenvalue weighted by molar-refractivity contribution is 5.88. The summed E-state index contributed by atoms with van der Waals surface area (Å²) in [5.74, 6) is 0.456. The first kappa shape index (κ1) is 18.4. The van der Waals surface area contributed by atoms with Crippen molar-refractivity contribution in [3.63, 3.8) is 0 Å². The molecule has 3 aromatic rings. The first-order valence-corrected chi connectivity index (χ1v) is 9.76. The molecule has 0 amide bonds. The van der Waals surface area contributed by atoms with Crippen LogP contribution in [0.3, 0.4) is 0 Å². The monoisotopic (exact) mass is 403 g/mol. The van der Waals surface area contributed by atoms with Crippen molar-refractivity contribution < 1.29 is 19.8 Å². The molecule has 2 aliphatic rings. The third-order valence-corrected chi connectivity index (χ3v) is 5.81. The van der Waals surface area contributed by atoms with Crippen LogP contribution >= 0.6 is 0 Å². The van der Waals surface area contributed by atoms with E-state index in [-0.39, 0.29) is 16.9 Å². The minimum atomic E-state index is -0.759. The molecule has 6 heteroatoms. The number of aromatic nitrogens is 1. The van der Waals surface area contributed by atoms with Crippen LogP contribution in [-0.4, -0.2) is 21.2 Å². The first-order valence-electron chi connectivity index (χ1n) is 9.76. The number of rotatable bonds is 1. The lowest BCUT2D eigenvalue weighted by Gasteiger charge is -2.26. The number of aliphatic hydroxyl groups is 1. The Kier molecular flexibility index (Phi) is 3.93. The molecule has 0 saturated heterocycles. The van der Waals surface area contributed by atoms with E-state index < -0.39 is 6.29 Å². The molecule has 1 aromatic heterocycles. The summed E-state index contributed by atoms with van der Waals surface area (Å²) in [7, 11) is 0. The Hall–Kier alpha value is -3.67. The molecule has 0 aliphatic carbocycles. The largest absolute Gasteiger partial charge is 0.508 e. The lowest BCUT2D eigenvalue weighted by molar-refractivity contribution is -0.0952. The van der Waals surface area contributed by atoms with E-state index in [1.165, 1.54) is 12.1 Å². The Bertz CT molecular complexity index is 1330. The minimum absolute atomic E-state index is 0.0399. The molecular formula is C24H21NO5. The summed E-state index contributed by atoms with van der Waals surface area (Å²) in [6.45, 7) is 5.48. The molecule has 0 bridgehead atoms. The Labute approximate surface area is 172 Å². The maximum absolute atomic E-state index is 13.0. The quantitative estimate of drug-likeness (QED) is 0.641. The van der Waals surface area contributed by atoms with Gasteiger partial charge in [-0.1, -0.05) is 29.8 Å². The third kappa shape index (κ3) is 2.68. The van der Waals surface area contributed by atoms with Crippen molar-refractivity contribution >= 4 is 10.9 Å². The predicted octanol–water partition coefficient (Wildman–Crippen LogP) is 4.05. The summed E-state index contributed by atoms with van der Waals surface area (Å²) in [6, 6.07) is 10.8. The molecule has 3 heterocycles. The van der Waals surface area contributed by atoms with Crippen LogP contribution in [-0.2, 0) is 11.2 Å². The highest BCUT2D eigenvalue weighted by Crippen LogP contribution is 2.37. The number of allylic oxidation sites excluding steroid dienone is 2. The van der Waals surface area contributed by atoms with E-state index in [1.807, 2.05) is 38.1 Å². The number of aliphatic hydroxyl groups excluding tert-OH is 1. The summed E-state index contributed by atoms with van der Waals surface area (Å²) in [5.41, 5.74) is 5.07. The molecule has 1 unspecified atom stereocenters. The normalized spacial score (nSPS) is 17.7. The van der Waals surface area contributed by atoms with E-state index in [2.05, 4.69) is 0 Å². The van der Waals surface area contributed by atoms with Gasteiger partial charge in [0, 0.05) is 23.6 Å². The second kappa shape index (κ2) is 6.42. The maximum Gasteiger partial charge on any atom is 0.286 e. The standard InChI is InChI=1S/C24H21NO5/c1-12-4-6-15(7-5-12)19-11-22(28)18-10-20(26)13(2)17-8-16-9-21(27)14(3)29-24(16)30-25(19)23(17)18/h4-7,9-11,24,26-27H,8H2,1-3H3. The van der Waals surface area contributed by atoms with Gasteiger partial charge in [0.15, 0.2) is 11.2 Å². The summed E-state index contributed by atoms with van der Waals surface area (Å²) in [6.07, 6.45) is 1.24. The lowest BCUT2D eigenvalue weighted by Crippen LogP contribution is -2.32. The zero-order chi connectivity index (χ0) is 21.2. The van der Waals surface area contributed by atoms with Crippen molar-refractivity contribution in [1.29, 1.82) is 0 Å². The number of aromatic hydroxyl groups is 1. The number of hydrogen-bond donors (Lipinski definition) is 2. The van der Waals surface area contributed by atoms with Gasteiger partial charge in [0.1, 0.15) is 11.5 Å². The molecule has 6 nitrogen and oxygen atoms in total. The SMILES string of the molecule is CC1=C(O)C=C2Cc3c(C)c(O)cc4c(=O)cc(-c5ccc(C)cc5)n(c34)OC2O1. The van der Waals surface area contributed by atoms with Gasteiger partial charge in [-0.25, -0.2) is 0 Å². The van der Waals surface area contributed by atoms with E-state index in [0.29, 0.717) is 39.9 Å². The van der Waals surface area contributed by atoms with Gasteiger partial charge < -0.3 is 19.8 Å². The highest BCUT2D eigenvalue weighted by Gasteiger charge is 2.32. The fourth-order valence-corrected chi connectivity index (χ4v) is 4.02. The van der Waals surface area contributed by atoms with Gasteiger partial charge in [-0.15, -0.1) is 0 Å². The van der Waals surface area contributed by atoms with Crippen LogP contribution in [0.4, 0.5) is 0 Å². The molecule has 30 heavy (non-hydrogen) atoms. The summed E-state index contributed by atoms with van der Waals surface area (Å²) < 4.78 is 7.46. The molecule has 1 atom stereocenters. The Morgan fingerprint density at radius 3 is 2.53 bits per heavy atom. The van der Waals surface area contributed by atoms with Gasteiger partial charge in [-0.3, -0.25) is 4.79 Å². The van der Waals surface area contributed by atoms with Gasteiger partial charge in [-0.2, -0.15) is 4.73 Å². The van der Waals surface area contributed by atoms with Crippen molar-refractivity contribution in [2.75, 3.05) is 0 Å². The molecule has 0 radical (unpaired) electrons. The molecule has 0 spiro atoms. The van der Waals surface area contributed by atoms with Crippen LogP contribution in [0, 0.1) is 13.8 Å². The van der Waals surface area contributed by atoms with Crippen molar-refractivity contribution in [3.05, 3.63) is 86.5 Å². The van der Waals surface area contributed by atoms with E-state index in [4.69, 9.17) is 9.57 Å². The maximum atomic E-state index is 13.0. The first-order chi connectivity index (χ1) is 14.3. The Balaban J connectivity index is 1.86. The summed E-state index contributed by atoms with van der Waals surface area (Å²) in [4.78, 5) is 19.3. The zero-order valence-corrected chi connectivity index (χ0v) is 16.9. The second-order valence-corrected chi connectivity index (χ2v) is 7.84. The van der Waals surface area contributed by atoms with Crippen LogP contribution in [0.15, 0.2) is 64.4 Å². The number of aryl methyl sites for hydroxylation is 1. The molecule has 2 aliphatic heterocycles. The van der Waals surface area contributed by atoms with Crippen LogP contribution in [0.5, 0.6) is 5.75 Å². The highest BCUT2D eigenvalue weighted by atomic mass is 16.8. The second-order valence-electron chi connectivity index (χ2n) is 7.84. The van der Waals surface area contributed by atoms with Gasteiger partial charge in [-0.05, 0) is 44.0 Å². The molecule has 2 N–H and O–H groups in total. The topological polar surface area (TPSA) is 80.9 Å². The number of phenols is 1. The van der Waals surface area contributed by atoms with Crippen molar-refractivity contribution in [3.8, 4) is 17.0 Å². The number of benzene rings is 2. The lowest BCUT2D eigenvalue weighted by atomic mass is 9.95. The van der Waals surface area contributed by atoms with E-state index >= 15 is 0 Å². The van der Waals surface area contributed by atoms with Gasteiger partial charge in [0.25, 0.3) is 6.29 Å². The fourth-order valence-electron chi connectivity index (χ4n) is 4.02. The molecule has 5 rings (SSSR count). The number of nitrogens with zero attached hydrogens (tertiary/aromatic N) is 1. The fraction of sp³-hybridized carbons (Fsp3) is 0.208. The molecule has 152 valence electrons. The molecule has 0 fully saturated rings. The zero-order valence-electron chi connectivity index (χ0n) is 16.9. The number of hydrogen-bond acceptors (Lipinski definition) is 5. The van der Waals surface area contributed by atoms with E-state index in [1.54, 1.807) is 17.7 Å². The van der Waals surface area contributed by atoms with Crippen molar-refractivity contribution in [1.82, 2.24) is 4.73 Å². The van der Waals surface area contributed by atoms with Crippen LogP contribution in [0.25, 0.3) is 22.2 Å². The van der Waals surface area contributed by atoms with Crippen molar-refractivity contribution in [2.45, 2.75) is 33.5 Å². The number of phenolic OH excluding ortho intramolecular Hbond substituents is 1. The van der Waals surface area contributed by atoms with Crippen LogP contribution < -0.4 is 10.3 Å². The predicted molar refractivity (Wildman–Crippen MR) is 113 cm³/mol. The van der Waals surface area contributed by atoms with Gasteiger partial charge in [0.2, 0.25) is 0 Å². The summed E-state index contributed by atoms with van der Waals surface area (Å²) >= 11 is 0. The Morgan fingerprint density at radius 2 is 1.80 bits per heavy atom. The van der Waals surface area contributed by atoms with Gasteiger partial charge in [0.05, 0.1) is 16.6 Å². The molecule has 0 saturated carbocycles. The number of ether oxygens (including phenoxy) is 1. The van der Waals surface area contributed by atoms with Crippen LogP contribution in [0.1, 0.15) is 23.6 Å². The average molecular weight is 403 g/mol. The smallest absolute Gasteiger partial charge is 0.286 e. The minimum Gasteiger partial charge on any atom is -0.508 e. The van der Waals surface area contributed by atoms with E-state index in [9.17, 15) is 15.0 Å². The molecular weight excluding hydrogens is 382 g/mol. The number of fused-ring (bicyclic) bond motifs is 1.